The van der Waals surface area contributed by atoms with Gasteiger partial charge in [0.2, 0.25) is 0 Å². The molecule has 1 aromatic heterocycles. The molecule has 1 aromatic carbocycles. The van der Waals surface area contributed by atoms with Gasteiger partial charge in [-0.05, 0) is 30.4 Å². The predicted octanol–water partition coefficient (Wildman–Crippen LogP) is 0.306. The number of fused-ring (bicyclic) bond motifs is 1. The average Bonchev–Trinajstić information content (AvgIpc) is 2.91. The van der Waals surface area contributed by atoms with E-state index in [9.17, 15) is 14.7 Å². The lowest BCUT2D eigenvalue weighted by Crippen LogP contribution is -2.19. The number of amides is 2. The van der Waals surface area contributed by atoms with E-state index in [1.165, 1.54) is 4.57 Å². The third-order valence-corrected chi connectivity index (χ3v) is 3.13. The summed E-state index contributed by atoms with van der Waals surface area (Å²) >= 11 is 5.07. The van der Waals surface area contributed by atoms with Gasteiger partial charge in [0.05, 0.1) is 16.8 Å². The van der Waals surface area contributed by atoms with E-state index in [4.69, 9.17) is 12.2 Å². The first-order chi connectivity index (χ1) is 9.11. The maximum atomic E-state index is 11.6. The second-order valence-corrected chi connectivity index (χ2v) is 4.34. The largest absolute Gasteiger partial charge is 0.388 e. The molecule has 3 N–H and O–H groups in total. The number of imide groups is 1. The summed E-state index contributed by atoms with van der Waals surface area (Å²) in [4.78, 5) is 23.0. The van der Waals surface area contributed by atoms with E-state index in [0.717, 1.165) is 0 Å². The molecule has 0 aliphatic carbocycles. The van der Waals surface area contributed by atoms with Gasteiger partial charge >= 0.3 is 0 Å². The van der Waals surface area contributed by atoms with Crippen LogP contribution in [0.15, 0.2) is 18.2 Å². The molecule has 3 rings (SSSR count). The predicted molar refractivity (Wildman–Crippen MR) is 66.5 cm³/mol. The lowest BCUT2D eigenvalue weighted by atomic mass is 10.1. The van der Waals surface area contributed by atoms with E-state index in [1.807, 2.05) is 0 Å². The molecule has 0 atom stereocenters. The fraction of sp³-hybridized carbons (Fsp3) is 0.0909. The summed E-state index contributed by atoms with van der Waals surface area (Å²) in [7, 11) is 0. The van der Waals surface area contributed by atoms with Crippen molar-refractivity contribution < 1.29 is 14.7 Å². The normalized spacial score (nSPS) is 13.5. The van der Waals surface area contributed by atoms with Crippen molar-refractivity contribution in [2.24, 2.45) is 0 Å². The fourth-order valence-electron chi connectivity index (χ4n) is 2.00. The minimum absolute atomic E-state index is 0.287. The van der Waals surface area contributed by atoms with Crippen molar-refractivity contribution >= 4 is 24.0 Å². The van der Waals surface area contributed by atoms with Crippen molar-refractivity contribution in [3.63, 3.8) is 0 Å². The Labute approximate surface area is 111 Å². The summed E-state index contributed by atoms with van der Waals surface area (Å²) in [5, 5.41) is 17.8. The molecule has 0 saturated carbocycles. The molecule has 0 spiro atoms. The van der Waals surface area contributed by atoms with Gasteiger partial charge in [-0.25, -0.2) is 0 Å². The van der Waals surface area contributed by atoms with Crippen LogP contribution in [0.25, 0.3) is 5.69 Å². The number of aromatic nitrogens is 3. The van der Waals surface area contributed by atoms with Gasteiger partial charge in [0.1, 0.15) is 6.61 Å². The number of nitrogens with zero attached hydrogens (tertiary/aromatic N) is 2. The highest BCUT2D eigenvalue weighted by molar-refractivity contribution is 7.71. The molecule has 0 bridgehead atoms. The van der Waals surface area contributed by atoms with E-state index in [0.29, 0.717) is 21.8 Å². The lowest BCUT2D eigenvalue weighted by Gasteiger charge is -2.06. The Morgan fingerprint density at radius 1 is 1.26 bits per heavy atom. The van der Waals surface area contributed by atoms with Crippen LogP contribution in [0.2, 0.25) is 0 Å². The zero-order chi connectivity index (χ0) is 13.6. The summed E-state index contributed by atoms with van der Waals surface area (Å²) in [6.45, 7) is -0.296. The minimum atomic E-state index is -0.442. The van der Waals surface area contributed by atoms with E-state index in [1.54, 1.807) is 18.2 Å². The maximum Gasteiger partial charge on any atom is 0.259 e. The average molecular weight is 276 g/mol. The quantitative estimate of drug-likeness (QED) is 0.541. The van der Waals surface area contributed by atoms with Crippen LogP contribution in [-0.4, -0.2) is 31.7 Å². The first-order valence-electron chi connectivity index (χ1n) is 5.39. The zero-order valence-electron chi connectivity index (χ0n) is 9.51. The van der Waals surface area contributed by atoms with Crippen molar-refractivity contribution in [3.05, 3.63) is 39.9 Å². The van der Waals surface area contributed by atoms with Crippen LogP contribution in [0, 0.1) is 4.77 Å². The molecule has 0 radical (unpaired) electrons. The van der Waals surface area contributed by atoms with Crippen molar-refractivity contribution in [2.45, 2.75) is 6.61 Å². The van der Waals surface area contributed by atoms with Gasteiger partial charge in [0.15, 0.2) is 10.6 Å². The number of H-pyrrole nitrogens is 1. The summed E-state index contributed by atoms with van der Waals surface area (Å²) in [5.74, 6) is -0.526. The standard InChI is InChI=1S/C11H8N4O3S/c16-4-8-13-14-11(19)15(8)5-1-2-6-7(3-5)10(18)12-9(6)17/h1-3,16H,4H2,(H,14,19)(H,12,17,18). The number of aromatic amines is 1. The molecule has 0 saturated heterocycles. The van der Waals surface area contributed by atoms with Gasteiger partial charge in [-0.2, -0.15) is 5.10 Å². The summed E-state index contributed by atoms with van der Waals surface area (Å²) in [6, 6.07) is 4.72. The summed E-state index contributed by atoms with van der Waals surface area (Å²) < 4.78 is 1.81. The minimum Gasteiger partial charge on any atom is -0.388 e. The SMILES string of the molecule is O=C1NC(=O)c2cc(-n3c(CO)n[nH]c3=S)ccc21. The van der Waals surface area contributed by atoms with E-state index in [2.05, 4.69) is 15.5 Å². The number of carbonyl (C=O) groups excluding carboxylic acids is 2. The Kier molecular flexibility index (Phi) is 2.54. The van der Waals surface area contributed by atoms with E-state index in [-0.39, 0.29) is 12.2 Å². The number of hydrogen-bond donors (Lipinski definition) is 3. The smallest absolute Gasteiger partial charge is 0.259 e. The van der Waals surface area contributed by atoms with Gasteiger partial charge in [0.25, 0.3) is 11.8 Å². The Morgan fingerprint density at radius 2 is 2.00 bits per heavy atom. The number of aliphatic hydroxyl groups excluding tert-OH is 1. The van der Waals surface area contributed by atoms with Crippen molar-refractivity contribution in [1.82, 2.24) is 20.1 Å². The third-order valence-electron chi connectivity index (χ3n) is 2.86. The number of aliphatic hydroxyl groups is 1. The summed E-state index contributed by atoms with van der Waals surface area (Å²) in [5.41, 5.74) is 1.18. The van der Waals surface area contributed by atoms with Crippen LogP contribution < -0.4 is 5.32 Å². The maximum absolute atomic E-state index is 11.6. The molecule has 2 aromatic rings. The number of benzene rings is 1. The van der Waals surface area contributed by atoms with Crippen LogP contribution in [0.1, 0.15) is 26.5 Å². The van der Waals surface area contributed by atoms with E-state index < -0.39 is 11.8 Å². The van der Waals surface area contributed by atoms with Crippen LogP contribution in [0.5, 0.6) is 0 Å². The van der Waals surface area contributed by atoms with Gasteiger partial charge < -0.3 is 5.11 Å². The Hall–Kier alpha value is -2.32. The van der Waals surface area contributed by atoms with Crippen molar-refractivity contribution in [3.8, 4) is 5.69 Å². The summed E-state index contributed by atoms with van der Waals surface area (Å²) in [6.07, 6.45) is 0. The number of carbonyl (C=O) groups is 2. The molecule has 0 fully saturated rings. The Balaban J connectivity index is 2.21. The molecule has 2 amide bonds. The van der Waals surface area contributed by atoms with Crippen LogP contribution in [0.3, 0.4) is 0 Å². The van der Waals surface area contributed by atoms with Gasteiger partial charge in [0, 0.05) is 0 Å². The van der Waals surface area contributed by atoms with Crippen LogP contribution >= 0.6 is 12.2 Å². The zero-order valence-corrected chi connectivity index (χ0v) is 10.3. The molecule has 19 heavy (non-hydrogen) atoms. The number of rotatable bonds is 2. The molecule has 1 aliphatic heterocycles. The number of nitrogens with one attached hydrogen (secondary N) is 2. The Bertz CT molecular complexity index is 762. The van der Waals surface area contributed by atoms with Gasteiger partial charge in [-0.1, -0.05) is 0 Å². The topological polar surface area (TPSA) is 100 Å². The lowest BCUT2D eigenvalue weighted by molar-refractivity contribution is 0.0879. The van der Waals surface area contributed by atoms with E-state index >= 15 is 0 Å². The first kappa shape index (κ1) is 11.8. The van der Waals surface area contributed by atoms with Crippen LogP contribution in [-0.2, 0) is 6.61 Å². The number of hydrogen-bond acceptors (Lipinski definition) is 5. The molecular weight excluding hydrogens is 268 g/mol. The third kappa shape index (κ3) is 1.69. The monoisotopic (exact) mass is 276 g/mol. The molecule has 8 heteroatoms. The van der Waals surface area contributed by atoms with Crippen molar-refractivity contribution in [2.75, 3.05) is 0 Å². The highest BCUT2D eigenvalue weighted by atomic mass is 32.1. The highest BCUT2D eigenvalue weighted by Crippen LogP contribution is 2.20. The first-order valence-corrected chi connectivity index (χ1v) is 5.80. The highest BCUT2D eigenvalue weighted by Gasteiger charge is 2.27. The molecular formula is C11H8N4O3S. The molecule has 96 valence electrons. The molecule has 7 nitrogen and oxygen atoms in total. The Morgan fingerprint density at radius 3 is 2.74 bits per heavy atom. The fourth-order valence-corrected chi connectivity index (χ4v) is 2.25. The van der Waals surface area contributed by atoms with Crippen LogP contribution in [0.4, 0.5) is 0 Å². The van der Waals surface area contributed by atoms with Gasteiger partial charge in [-0.3, -0.25) is 24.6 Å². The van der Waals surface area contributed by atoms with Crippen molar-refractivity contribution in [1.29, 1.82) is 0 Å². The molecule has 0 unspecified atom stereocenters. The van der Waals surface area contributed by atoms with Gasteiger partial charge in [-0.15, -0.1) is 0 Å². The molecule has 2 heterocycles. The second-order valence-electron chi connectivity index (χ2n) is 3.95. The second kappa shape index (κ2) is 4.11. The molecule has 1 aliphatic rings.